The summed E-state index contributed by atoms with van der Waals surface area (Å²) < 4.78 is 2.52. The molecule has 1 aliphatic carbocycles. The number of hydrogen-bond acceptors (Lipinski definition) is 3. The molecule has 0 aliphatic heterocycles. The van der Waals surface area contributed by atoms with Crippen molar-refractivity contribution in [2.75, 3.05) is 0 Å². The molecule has 1 aliphatic rings. The molecule has 0 fully saturated rings. The number of thiophene rings is 1. The Morgan fingerprint density at radius 2 is 1.04 bits per heavy atom. The standard InChI is InChI=1S/C49H34N2S/c1-49(2)42-25-11-9-19-34(42)37-21-13-24-40(46(37)49)48-50-43(30-44(51-48)39-23-14-22-38-36-20-10-12-26-45(36)52-47(38)39)35-28-27-33(31-15-5-3-6-16-31)29-41(35)32-17-7-4-8-18-32/h3-30H,1-2H3. The highest BCUT2D eigenvalue weighted by atomic mass is 32.1. The third kappa shape index (κ3) is 4.85. The number of aromatic nitrogens is 2. The van der Waals surface area contributed by atoms with Crippen molar-refractivity contribution in [2.24, 2.45) is 0 Å². The Kier molecular flexibility index (Phi) is 7.06. The van der Waals surface area contributed by atoms with Crippen molar-refractivity contribution in [2.45, 2.75) is 19.3 Å². The summed E-state index contributed by atoms with van der Waals surface area (Å²) in [6.07, 6.45) is 0. The molecular formula is C49H34N2S. The molecule has 0 radical (unpaired) electrons. The lowest BCUT2D eigenvalue weighted by atomic mass is 9.80. The first kappa shape index (κ1) is 30.6. The zero-order valence-electron chi connectivity index (χ0n) is 29.0. The van der Waals surface area contributed by atoms with E-state index < -0.39 is 0 Å². The largest absolute Gasteiger partial charge is 0.228 e. The molecular weight excluding hydrogens is 649 g/mol. The van der Waals surface area contributed by atoms with Crippen LogP contribution in [0.5, 0.6) is 0 Å². The van der Waals surface area contributed by atoms with E-state index in [2.05, 4.69) is 184 Å². The average molecular weight is 683 g/mol. The van der Waals surface area contributed by atoms with Crippen LogP contribution in [0.1, 0.15) is 25.0 Å². The van der Waals surface area contributed by atoms with Gasteiger partial charge in [-0.3, -0.25) is 0 Å². The van der Waals surface area contributed by atoms with Gasteiger partial charge in [-0.1, -0.05) is 166 Å². The van der Waals surface area contributed by atoms with Crippen LogP contribution in [0.3, 0.4) is 0 Å². The second-order valence-corrected chi connectivity index (χ2v) is 15.2. The van der Waals surface area contributed by atoms with Crippen molar-refractivity contribution in [3.63, 3.8) is 0 Å². The summed E-state index contributed by atoms with van der Waals surface area (Å²) in [4.78, 5) is 11.0. The average Bonchev–Trinajstić information content (AvgIpc) is 3.70. The SMILES string of the molecule is CC1(C)c2ccccc2-c2cccc(-c3nc(-c4ccc(-c5ccccc5)cc4-c4ccccc4)cc(-c4cccc5c4sc4ccccc45)n3)c21. The van der Waals surface area contributed by atoms with E-state index in [1.54, 1.807) is 0 Å². The highest BCUT2D eigenvalue weighted by Crippen LogP contribution is 2.52. The molecule has 0 spiro atoms. The minimum atomic E-state index is -0.208. The first-order chi connectivity index (χ1) is 25.5. The molecule has 0 bridgehead atoms. The predicted octanol–water partition coefficient (Wildman–Crippen LogP) is 13.5. The summed E-state index contributed by atoms with van der Waals surface area (Å²) in [5, 5.41) is 2.54. The van der Waals surface area contributed by atoms with Crippen LogP contribution in [0.4, 0.5) is 0 Å². The van der Waals surface area contributed by atoms with Gasteiger partial charge in [-0.15, -0.1) is 11.3 Å². The lowest BCUT2D eigenvalue weighted by molar-refractivity contribution is 0.661. The fraction of sp³-hybridized carbons (Fsp3) is 0.0612. The van der Waals surface area contributed by atoms with Gasteiger partial charge in [-0.2, -0.15) is 0 Å². The van der Waals surface area contributed by atoms with Crippen LogP contribution in [0.15, 0.2) is 170 Å². The maximum atomic E-state index is 5.51. The van der Waals surface area contributed by atoms with Crippen molar-refractivity contribution in [3.05, 3.63) is 181 Å². The Morgan fingerprint density at radius 3 is 1.87 bits per heavy atom. The Bertz CT molecular complexity index is 2810. The fourth-order valence-electron chi connectivity index (χ4n) is 8.26. The van der Waals surface area contributed by atoms with Crippen LogP contribution in [-0.2, 0) is 5.41 Å². The molecule has 246 valence electrons. The van der Waals surface area contributed by atoms with Gasteiger partial charge in [0.2, 0.25) is 0 Å². The zero-order chi connectivity index (χ0) is 34.8. The minimum Gasteiger partial charge on any atom is -0.228 e. The molecule has 2 aromatic heterocycles. The molecule has 7 aromatic carbocycles. The van der Waals surface area contributed by atoms with E-state index in [4.69, 9.17) is 9.97 Å². The van der Waals surface area contributed by atoms with Crippen molar-refractivity contribution in [3.8, 4) is 67.3 Å². The highest BCUT2D eigenvalue weighted by Gasteiger charge is 2.38. The molecule has 9 aromatic rings. The predicted molar refractivity (Wildman–Crippen MR) is 220 cm³/mol. The van der Waals surface area contributed by atoms with E-state index in [0.717, 1.165) is 45.0 Å². The maximum absolute atomic E-state index is 5.51. The van der Waals surface area contributed by atoms with Crippen molar-refractivity contribution in [1.82, 2.24) is 9.97 Å². The van der Waals surface area contributed by atoms with Gasteiger partial charge < -0.3 is 0 Å². The first-order valence-corrected chi connectivity index (χ1v) is 18.6. The maximum Gasteiger partial charge on any atom is 0.160 e. The van der Waals surface area contributed by atoms with Crippen molar-refractivity contribution in [1.29, 1.82) is 0 Å². The molecule has 0 saturated heterocycles. The molecule has 0 unspecified atom stereocenters. The number of hydrogen-bond donors (Lipinski definition) is 0. The number of rotatable bonds is 5. The normalized spacial score (nSPS) is 13.0. The Morgan fingerprint density at radius 1 is 0.423 bits per heavy atom. The van der Waals surface area contributed by atoms with Gasteiger partial charge in [0, 0.05) is 42.3 Å². The lowest BCUT2D eigenvalue weighted by Gasteiger charge is -2.24. The van der Waals surface area contributed by atoms with Crippen molar-refractivity contribution < 1.29 is 0 Å². The summed E-state index contributed by atoms with van der Waals surface area (Å²) in [7, 11) is 0. The number of benzene rings is 7. The minimum absolute atomic E-state index is 0.208. The Balaban J connectivity index is 1.26. The van der Waals surface area contributed by atoms with Gasteiger partial charge in [-0.05, 0) is 62.7 Å². The monoisotopic (exact) mass is 682 g/mol. The van der Waals surface area contributed by atoms with E-state index in [-0.39, 0.29) is 5.41 Å². The summed E-state index contributed by atoms with van der Waals surface area (Å²) in [5.74, 6) is 0.745. The van der Waals surface area contributed by atoms with Gasteiger partial charge in [0.15, 0.2) is 5.82 Å². The molecule has 0 N–H and O–H groups in total. The van der Waals surface area contributed by atoms with Crippen LogP contribution >= 0.6 is 11.3 Å². The second kappa shape index (κ2) is 12.0. The molecule has 0 atom stereocenters. The zero-order valence-corrected chi connectivity index (χ0v) is 29.8. The number of nitrogens with zero attached hydrogens (tertiary/aromatic N) is 2. The van der Waals surface area contributed by atoms with Gasteiger partial charge in [0.05, 0.1) is 11.4 Å². The third-order valence-corrected chi connectivity index (χ3v) is 11.9. The quantitative estimate of drug-likeness (QED) is 0.181. The van der Waals surface area contributed by atoms with Crippen LogP contribution in [0.2, 0.25) is 0 Å². The molecule has 10 rings (SSSR count). The van der Waals surface area contributed by atoms with Gasteiger partial charge in [0.25, 0.3) is 0 Å². The van der Waals surface area contributed by atoms with E-state index >= 15 is 0 Å². The molecule has 2 heterocycles. The van der Waals surface area contributed by atoms with E-state index in [0.29, 0.717) is 0 Å². The summed E-state index contributed by atoms with van der Waals surface area (Å²) in [6, 6.07) is 61.0. The topological polar surface area (TPSA) is 25.8 Å². The highest BCUT2D eigenvalue weighted by molar-refractivity contribution is 7.26. The van der Waals surface area contributed by atoms with Gasteiger partial charge in [0.1, 0.15) is 0 Å². The summed E-state index contributed by atoms with van der Waals surface area (Å²) in [5.41, 5.74) is 14.7. The molecule has 0 amide bonds. The summed E-state index contributed by atoms with van der Waals surface area (Å²) >= 11 is 1.84. The second-order valence-electron chi connectivity index (χ2n) is 14.1. The van der Waals surface area contributed by atoms with Gasteiger partial charge in [-0.25, -0.2) is 9.97 Å². The third-order valence-electron chi connectivity index (χ3n) is 10.7. The van der Waals surface area contributed by atoms with Crippen LogP contribution in [0.25, 0.3) is 87.5 Å². The Hall–Kier alpha value is -6.16. The van der Waals surface area contributed by atoms with Gasteiger partial charge >= 0.3 is 0 Å². The van der Waals surface area contributed by atoms with E-state index in [9.17, 15) is 0 Å². The first-order valence-electron chi connectivity index (χ1n) is 17.8. The smallest absolute Gasteiger partial charge is 0.160 e. The van der Waals surface area contributed by atoms with Crippen LogP contribution < -0.4 is 0 Å². The molecule has 2 nitrogen and oxygen atoms in total. The molecule has 3 heteroatoms. The summed E-state index contributed by atoms with van der Waals surface area (Å²) in [6.45, 7) is 4.67. The number of fused-ring (bicyclic) bond motifs is 6. The molecule has 0 saturated carbocycles. The molecule has 52 heavy (non-hydrogen) atoms. The lowest BCUT2D eigenvalue weighted by Crippen LogP contribution is -2.16. The van der Waals surface area contributed by atoms with E-state index in [1.807, 2.05) is 11.3 Å². The van der Waals surface area contributed by atoms with Crippen molar-refractivity contribution >= 4 is 31.5 Å². The van der Waals surface area contributed by atoms with Crippen LogP contribution in [-0.4, -0.2) is 9.97 Å². The Labute approximate surface area is 307 Å². The van der Waals surface area contributed by atoms with Crippen LogP contribution in [0, 0.1) is 0 Å². The fourth-order valence-corrected chi connectivity index (χ4v) is 9.49. The van der Waals surface area contributed by atoms with E-state index in [1.165, 1.54) is 53.6 Å².